The third-order valence-corrected chi connectivity index (χ3v) is 3.76. The predicted molar refractivity (Wildman–Crippen MR) is 75.6 cm³/mol. The second kappa shape index (κ2) is 5.67. The molecule has 0 amide bonds. The normalized spacial score (nSPS) is 18.8. The average molecular weight is 275 g/mol. The summed E-state index contributed by atoms with van der Waals surface area (Å²) in [6.07, 6.45) is 3.32. The summed E-state index contributed by atoms with van der Waals surface area (Å²) in [5.74, 6) is 0.978. The second-order valence-corrected chi connectivity index (χ2v) is 5.24. The standard InChI is InChI=1S/C14H17N3OS/c19-14-16-15-13(9-11-5-2-1-3-6-11)17(14)10-12-7-4-8-18-12/h1-3,5-6,12H,4,7-10H2,(H,16,19). The first-order valence-electron chi connectivity index (χ1n) is 6.62. The Morgan fingerprint density at radius 1 is 1.37 bits per heavy atom. The summed E-state index contributed by atoms with van der Waals surface area (Å²) < 4.78 is 8.43. The minimum atomic E-state index is 0.277. The highest BCUT2D eigenvalue weighted by atomic mass is 32.1. The fourth-order valence-corrected chi connectivity index (χ4v) is 2.67. The minimum absolute atomic E-state index is 0.277. The summed E-state index contributed by atoms with van der Waals surface area (Å²) in [6, 6.07) is 10.3. The Bertz CT molecular complexity index is 584. The number of nitrogens with one attached hydrogen (secondary N) is 1. The van der Waals surface area contributed by atoms with Gasteiger partial charge in [-0.1, -0.05) is 30.3 Å². The molecule has 19 heavy (non-hydrogen) atoms. The molecule has 0 spiro atoms. The molecule has 1 saturated heterocycles. The molecule has 0 bridgehead atoms. The highest BCUT2D eigenvalue weighted by molar-refractivity contribution is 7.71. The molecule has 1 unspecified atom stereocenters. The van der Waals surface area contributed by atoms with Gasteiger partial charge in [0.2, 0.25) is 0 Å². The monoisotopic (exact) mass is 275 g/mol. The number of aromatic amines is 1. The third kappa shape index (κ3) is 2.93. The van der Waals surface area contributed by atoms with Crippen LogP contribution in [0.4, 0.5) is 0 Å². The van der Waals surface area contributed by atoms with Gasteiger partial charge in [0, 0.05) is 13.0 Å². The van der Waals surface area contributed by atoms with Gasteiger partial charge in [-0.3, -0.25) is 5.10 Å². The van der Waals surface area contributed by atoms with Crippen LogP contribution < -0.4 is 0 Å². The maximum atomic E-state index is 5.68. The molecular weight excluding hydrogens is 258 g/mol. The third-order valence-electron chi connectivity index (χ3n) is 3.45. The Morgan fingerprint density at radius 2 is 2.21 bits per heavy atom. The van der Waals surface area contributed by atoms with Gasteiger partial charge in [-0.2, -0.15) is 5.10 Å². The summed E-state index contributed by atoms with van der Waals surface area (Å²) in [5, 5.41) is 7.23. The SMILES string of the molecule is S=c1[nH]nc(Cc2ccccc2)n1CC1CCCO1. The minimum Gasteiger partial charge on any atom is -0.376 e. The van der Waals surface area contributed by atoms with Crippen LogP contribution in [0.25, 0.3) is 0 Å². The fourth-order valence-electron chi connectivity index (χ4n) is 2.44. The molecule has 1 N–H and O–H groups in total. The second-order valence-electron chi connectivity index (χ2n) is 4.85. The smallest absolute Gasteiger partial charge is 0.195 e. The first-order chi connectivity index (χ1) is 9.33. The van der Waals surface area contributed by atoms with Gasteiger partial charge in [0.15, 0.2) is 4.77 Å². The van der Waals surface area contributed by atoms with Gasteiger partial charge in [0.05, 0.1) is 12.6 Å². The molecule has 0 radical (unpaired) electrons. The fraction of sp³-hybridized carbons (Fsp3) is 0.429. The van der Waals surface area contributed by atoms with E-state index in [4.69, 9.17) is 17.0 Å². The Hall–Kier alpha value is -1.46. The number of hydrogen-bond donors (Lipinski definition) is 1. The van der Waals surface area contributed by atoms with Crippen LogP contribution in [0.15, 0.2) is 30.3 Å². The summed E-state index contributed by atoms with van der Waals surface area (Å²) in [6.45, 7) is 1.67. The zero-order valence-electron chi connectivity index (χ0n) is 10.7. The number of benzene rings is 1. The van der Waals surface area contributed by atoms with Gasteiger partial charge in [-0.25, -0.2) is 0 Å². The van der Waals surface area contributed by atoms with Crippen LogP contribution in [0.2, 0.25) is 0 Å². The van der Waals surface area contributed by atoms with Gasteiger partial charge < -0.3 is 9.30 Å². The Morgan fingerprint density at radius 3 is 2.95 bits per heavy atom. The molecule has 1 aromatic carbocycles. The van der Waals surface area contributed by atoms with Crippen molar-refractivity contribution in [3.63, 3.8) is 0 Å². The van der Waals surface area contributed by atoms with Gasteiger partial charge in [-0.05, 0) is 30.6 Å². The largest absolute Gasteiger partial charge is 0.376 e. The molecule has 0 aliphatic carbocycles. The lowest BCUT2D eigenvalue weighted by Gasteiger charge is -2.12. The van der Waals surface area contributed by atoms with Gasteiger partial charge in [0.1, 0.15) is 5.82 Å². The lowest BCUT2D eigenvalue weighted by atomic mass is 10.1. The van der Waals surface area contributed by atoms with Crippen molar-refractivity contribution in [3.8, 4) is 0 Å². The summed E-state index contributed by atoms with van der Waals surface area (Å²) >= 11 is 5.31. The number of H-pyrrole nitrogens is 1. The maximum absolute atomic E-state index is 5.68. The van der Waals surface area contributed by atoms with E-state index in [2.05, 4.69) is 26.9 Å². The number of nitrogens with zero attached hydrogens (tertiary/aromatic N) is 2. The molecule has 4 nitrogen and oxygen atoms in total. The van der Waals surface area contributed by atoms with Crippen molar-refractivity contribution in [1.29, 1.82) is 0 Å². The van der Waals surface area contributed by atoms with Crippen molar-refractivity contribution < 1.29 is 4.74 Å². The van der Waals surface area contributed by atoms with Crippen LogP contribution in [-0.2, 0) is 17.7 Å². The van der Waals surface area contributed by atoms with Crippen LogP contribution in [0.5, 0.6) is 0 Å². The molecule has 5 heteroatoms. The molecular formula is C14H17N3OS. The van der Waals surface area contributed by atoms with E-state index < -0.39 is 0 Å². The molecule has 1 atom stereocenters. The predicted octanol–water partition coefficient (Wildman–Crippen LogP) is 2.71. The molecule has 100 valence electrons. The molecule has 1 fully saturated rings. The van der Waals surface area contributed by atoms with Gasteiger partial charge >= 0.3 is 0 Å². The van der Waals surface area contributed by atoms with Crippen molar-refractivity contribution in [2.45, 2.75) is 31.9 Å². The lowest BCUT2D eigenvalue weighted by molar-refractivity contribution is 0.0960. The Labute approximate surface area is 117 Å². The molecule has 3 rings (SSSR count). The van der Waals surface area contributed by atoms with Crippen molar-refractivity contribution in [3.05, 3.63) is 46.5 Å². The van der Waals surface area contributed by atoms with Crippen molar-refractivity contribution in [2.75, 3.05) is 6.61 Å². The molecule has 1 aliphatic rings. The van der Waals surface area contributed by atoms with E-state index in [0.29, 0.717) is 4.77 Å². The lowest BCUT2D eigenvalue weighted by Crippen LogP contribution is -2.17. The first-order valence-corrected chi connectivity index (χ1v) is 7.03. The molecule has 1 aliphatic heterocycles. The van der Waals surface area contributed by atoms with Crippen LogP contribution >= 0.6 is 12.2 Å². The first kappa shape index (κ1) is 12.6. The summed E-state index contributed by atoms with van der Waals surface area (Å²) in [4.78, 5) is 0. The Balaban J connectivity index is 1.80. The van der Waals surface area contributed by atoms with E-state index in [0.717, 1.165) is 38.2 Å². The van der Waals surface area contributed by atoms with E-state index in [1.165, 1.54) is 5.56 Å². The highest BCUT2D eigenvalue weighted by Gasteiger charge is 2.18. The van der Waals surface area contributed by atoms with E-state index in [-0.39, 0.29) is 6.10 Å². The number of rotatable bonds is 4. The van der Waals surface area contributed by atoms with E-state index in [1.54, 1.807) is 0 Å². The number of ether oxygens (including phenoxy) is 1. The van der Waals surface area contributed by atoms with Crippen molar-refractivity contribution in [2.24, 2.45) is 0 Å². The zero-order chi connectivity index (χ0) is 13.1. The van der Waals surface area contributed by atoms with Crippen LogP contribution in [0.1, 0.15) is 24.2 Å². The van der Waals surface area contributed by atoms with Crippen molar-refractivity contribution in [1.82, 2.24) is 14.8 Å². The van der Waals surface area contributed by atoms with Gasteiger partial charge in [-0.15, -0.1) is 0 Å². The Kier molecular flexibility index (Phi) is 3.75. The maximum Gasteiger partial charge on any atom is 0.195 e. The van der Waals surface area contributed by atoms with E-state index >= 15 is 0 Å². The van der Waals surface area contributed by atoms with Crippen molar-refractivity contribution >= 4 is 12.2 Å². The summed E-state index contributed by atoms with van der Waals surface area (Å²) in [7, 11) is 0. The molecule has 2 aromatic rings. The topological polar surface area (TPSA) is 42.8 Å². The number of aromatic nitrogens is 3. The quantitative estimate of drug-likeness (QED) is 0.872. The molecule has 1 aromatic heterocycles. The zero-order valence-corrected chi connectivity index (χ0v) is 11.5. The molecule has 2 heterocycles. The number of hydrogen-bond acceptors (Lipinski definition) is 3. The highest BCUT2D eigenvalue weighted by Crippen LogP contribution is 2.16. The van der Waals surface area contributed by atoms with Crippen LogP contribution in [-0.4, -0.2) is 27.5 Å². The van der Waals surface area contributed by atoms with E-state index in [9.17, 15) is 0 Å². The van der Waals surface area contributed by atoms with E-state index in [1.807, 2.05) is 18.2 Å². The average Bonchev–Trinajstić information content (AvgIpc) is 3.05. The van der Waals surface area contributed by atoms with Crippen LogP contribution in [0.3, 0.4) is 0 Å². The summed E-state index contributed by atoms with van der Waals surface area (Å²) in [5.41, 5.74) is 1.24. The molecule has 0 saturated carbocycles. The van der Waals surface area contributed by atoms with Gasteiger partial charge in [0.25, 0.3) is 0 Å². The van der Waals surface area contributed by atoms with Crippen LogP contribution in [0, 0.1) is 4.77 Å².